The number of nitrogen functional groups attached to an aromatic ring is 1. The molecule has 5 fully saturated rings. The summed E-state index contributed by atoms with van der Waals surface area (Å²) in [6, 6.07) is 23.9. The molecule has 0 spiro atoms. The largest absolute Gasteiger partial charge is 0.457 e. The molecule has 354 valence electrons. The average Bonchev–Trinajstić information content (AvgIpc) is 3.90. The minimum atomic E-state index is -0.299. The Morgan fingerprint density at radius 1 is 0.676 bits per heavy atom. The third-order valence-electron chi connectivity index (χ3n) is 15.8. The maximum Gasteiger partial charge on any atom is 0.319 e. The number of imide groups is 1. The highest BCUT2D eigenvalue weighted by molar-refractivity contribution is 6.22. The first-order valence-corrected chi connectivity index (χ1v) is 24.9. The summed E-state index contributed by atoms with van der Waals surface area (Å²) in [4.78, 5) is 71.6. The third kappa shape index (κ3) is 8.74. The predicted molar refractivity (Wildman–Crippen MR) is 258 cm³/mol. The summed E-state index contributed by atoms with van der Waals surface area (Å²) in [6.07, 6.45) is 11.8. The fraction of sp³-hybridized carbons (Fsp3) is 0.481. The Labute approximate surface area is 396 Å². The second-order valence-electron chi connectivity index (χ2n) is 19.8. The van der Waals surface area contributed by atoms with Crippen LogP contribution in [0, 0.1) is 11.8 Å². The number of nitrogens with zero attached hydrogens (tertiary/aromatic N) is 9. The Kier molecular flexibility index (Phi) is 12.2. The van der Waals surface area contributed by atoms with Gasteiger partial charge in [0.25, 0.3) is 11.8 Å². The van der Waals surface area contributed by atoms with E-state index >= 15 is 0 Å². The molecule has 3 N–H and O–H groups in total. The smallest absolute Gasteiger partial charge is 0.319 e. The summed E-state index contributed by atoms with van der Waals surface area (Å²) in [5.41, 5.74) is 10.9. The van der Waals surface area contributed by atoms with E-state index in [2.05, 4.69) is 39.6 Å². The molecule has 5 amide bonds. The van der Waals surface area contributed by atoms with Crippen LogP contribution in [0.25, 0.3) is 22.3 Å². The molecule has 6 aliphatic rings. The van der Waals surface area contributed by atoms with Crippen LogP contribution in [0.3, 0.4) is 0 Å². The molecular formula is C52H61N11O5. The molecule has 0 radical (unpaired) electrons. The Hall–Kier alpha value is -6.55. The molecule has 0 aliphatic carbocycles. The number of benzene rings is 3. The summed E-state index contributed by atoms with van der Waals surface area (Å²) >= 11 is 0. The Morgan fingerprint density at radius 2 is 1.32 bits per heavy atom. The van der Waals surface area contributed by atoms with Gasteiger partial charge in [-0.2, -0.15) is 5.10 Å². The van der Waals surface area contributed by atoms with Crippen LogP contribution >= 0.6 is 0 Å². The summed E-state index contributed by atoms with van der Waals surface area (Å²) in [6.45, 7) is 7.36. The van der Waals surface area contributed by atoms with Gasteiger partial charge in [0.1, 0.15) is 29.3 Å². The number of likely N-dealkylation sites (tertiary alicyclic amines) is 3. The first-order valence-electron chi connectivity index (χ1n) is 24.9. The van der Waals surface area contributed by atoms with Gasteiger partial charge in [-0.05, 0) is 131 Å². The van der Waals surface area contributed by atoms with Crippen molar-refractivity contribution in [3.8, 4) is 22.8 Å². The van der Waals surface area contributed by atoms with Crippen LogP contribution in [0.4, 0.5) is 16.3 Å². The minimum absolute atomic E-state index is 0.0361. The molecule has 16 heteroatoms. The molecule has 2 aromatic heterocycles. The molecule has 16 nitrogen and oxygen atoms in total. The zero-order valence-electron chi connectivity index (χ0n) is 38.7. The number of urea groups is 1. The van der Waals surface area contributed by atoms with E-state index in [4.69, 9.17) is 15.6 Å². The van der Waals surface area contributed by atoms with E-state index in [1.807, 2.05) is 66.7 Å². The maximum atomic E-state index is 13.8. The maximum absolute atomic E-state index is 13.8. The first kappa shape index (κ1) is 44.0. The van der Waals surface area contributed by atoms with Gasteiger partial charge in [-0.15, -0.1) is 0 Å². The number of aromatic nitrogens is 4. The number of para-hydroxylation sites is 1. The highest BCUT2D eigenvalue weighted by Gasteiger charge is 2.42. The van der Waals surface area contributed by atoms with Crippen LogP contribution in [-0.4, -0.2) is 134 Å². The zero-order valence-corrected chi connectivity index (χ0v) is 38.7. The lowest BCUT2D eigenvalue weighted by atomic mass is 9.82. The molecule has 8 heterocycles. The van der Waals surface area contributed by atoms with Crippen LogP contribution in [0.15, 0.2) is 79.1 Å². The van der Waals surface area contributed by atoms with Gasteiger partial charge in [0.2, 0.25) is 5.91 Å². The number of ether oxygens (including phenoxy) is 1. The van der Waals surface area contributed by atoms with Gasteiger partial charge < -0.3 is 35.4 Å². The average molecular weight is 920 g/mol. The van der Waals surface area contributed by atoms with Gasteiger partial charge in [-0.1, -0.05) is 18.2 Å². The second kappa shape index (κ2) is 18.9. The molecule has 1 unspecified atom stereocenters. The molecule has 11 rings (SSSR count). The van der Waals surface area contributed by atoms with Gasteiger partial charge in [-0.25, -0.2) is 19.4 Å². The van der Waals surface area contributed by atoms with Gasteiger partial charge in [0.05, 0.1) is 28.6 Å². The number of carbonyl (C=O) groups is 4. The summed E-state index contributed by atoms with van der Waals surface area (Å²) in [5, 5.41) is 8.72. The fourth-order valence-electron chi connectivity index (χ4n) is 11.8. The van der Waals surface area contributed by atoms with E-state index in [1.165, 1.54) is 17.6 Å². The van der Waals surface area contributed by atoms with Crippen molar-refractivity contribution in [1.29, 1.82) is 0 Å². The number of fused-ring (bicyclic) bond motifs is 2. The highest BCUT2D eigenvalue weighted by atomic mass is 16.5. The lowest BCUT2D eigenvalue weighted by Crippen LogP contribution is -2.53. The van der Waals surface area contributed by atoms with E-state index in [-0.39, 0.29) is 35.8 Å². The standard InChI is InChI=1S/C52H61N11O5/c53-48-46-47(36-6-10-42(11-7-36)68-41-4-2-1-3-5-41)57-63(49(46)56-33-55-48)38-20-26-58(27-21-38)37-18-28-61(29-19-37)52(67)60-24-16-35(17-25-60)30-34-14-22-59(23-15-34)39-8-12-43-44(31-39)51(66)62(50(43)65)40-9-13-45(64)54-32-40/h1-8,10-12,31,33-35,37-38,40H,9,13-30,32H2,(H,54,64)(H2,53,55,56). The van der Waals surface area contributed by atoms with Crippen LogP contribution < -0.4 is 20.7 Å². The van der Waals surface area contributed by atoms with Crippen molar-refractivity contribution in [2.75, 3.05) is 69.5 Å². The Balaban J connectivity index is 0.618. The van der Waals surface area contributed by atoms with E-state index in [0.29, 0.717) is 54.2 Å². The molecular weight excluding hydrogens is 859 g/mol. The normalized spacial score (nSPS) is 21.7. The fourth-order valence-corrected chi connectivity index (χ4v) is 11.8. The minimum Gasteiger partial charge on any atom is -0.457 e. The van der Waals surface area contributed by atoms with Crippen molar-refractivity contribution in [1.82, 2.24) is 44.7 Å². The molecule has 3 aromatic carbocycles. The number of nitrogens with two attached hydrogens (primary N) is 1. The lowest BCUT2D eigenvalue weighted by Gasteiger charge is -2.43. The van der Waals surface area contributed by atoms with Crippen molar-refractivity contribution < 1.29 is 23.9 Å². The van der Waals surface area contributed by atoms with Crippen LogP contribution in [-0.2, 0) is 4.79 Å². The Morgan fingerprint density at radius 3 is 2.01 bits per heavy atom. The highest BCUT2D eigenvalue weighted by Crippen LogP contribution is 2.38. The molecule has 1 atom stereocenters. The number of hydrogen-bond acceptors (Lipinski definition) is 11. The van der Waals surface area contributed by atoms with Gasteiger partial charge in [0, 0.05) is 82.6 Å². The van der Waals surface area contributed by atoms with Crippen molar-refractivity contribution in [2.24, 2.45) is 11.8 Å². The SMILES string of the molecule is Nc1ncnc2c1c(-c1ccc(Oc3ccccc3)cc1)nn2C1CCN(C2CCN(C(=O)N3CCC(CC4CCN(c5ccc6c(c5)C(=O)N(C5CCC(=O)NC5)C6=O)CC4)CC3)CC2)CC1. The number of anilines is 2. The van der Waals surface area contributed by atoms with Gasteiger partial charge >= 0.3 is 6.03 Å². The second-order valence-corrected chi connectivity index (χ2v) is 19.8. The molecule has 0 saturated carbocycles. The number of amides is 5. The van der Waals surface area contributed by atoms with Crippen molar-refractivity contribution in [3.63, 3.8) is 0 Å². The van der Waals surface area contributed by atoms with Gasteiger partial charge in [0.15, 0.2) is 5.65 Å². The molecule has 5 aromatic rings. The van der Waals surface area contributed by atoms with Crippen molar-refractivity contribution >= 4 is 46.3 Å². The first-order chi connectivity index (χ1) is 33.2. The monoisotopic (exact) mass is 919 g/mol. The molecule has 5 saturated heterocycles. The Bertz CT molecular complexity index is 2650. The number of piperidine rings is 5. The van der Waals surface area contributed by atoms with Crippen molar-refractivity contribution in [2.45, 2.75) is 88.8 Å². The van der Waals surface area contributed by atoms with E-state index in [0.717, 1.165) is 143 Å². The predicted octanol–water partition coefficient (Wildman–Crippen LogP) is 6.98. The molecule has 0 bridgehead atoms. The van der Waals surface area contributed by atoms with E-state index in [9.17, 15) is 19.2 Å². The van der Waals surface area contributed by atoms with Crippen LogP contribution in [0.5, 0.6) is 11.5 Å². The van der Waals surface area contributed by atoms with Crippen LogP contribution in [0.2, 0.25) is 0 Å². The van der Waals surface area contributed by atoms with Crippen LogP contribution in [0.1, 0.15) is 97.4 Å². The number of hydrogen-bond donors (Lipinski definition) is 2. The number of carbonyl (C=O) groups excluding carboxylic acids is 4. The number of nitrogens with one attached hydrogen (secondary N) is 1. The summed E-state index contributed by atoms with van der Waals surface area (Å²) < 4.78 is 8.10. The molecule has 6 aliphatic heterocycles. The van der Waals surface area contributed by atoms with Gasteiger partial charge in [-0.3, -0.25) is 19.3 Å². The quantitative estimate of drug-likeness (QED) is 0.146. The van der Waals surface area contributed by atoms with Crippen molar-refractivity contribution in [3.05, 3.63) is 90.3 Å². The summed E-state index contributed by atoms with van der Waals surface area (Å²) in [5.74, 6) is 2.68. The lowest BCUT2D eigenvalue weighted by molar-refractivity contribution is -0.123. The third-order valence-corrected chi connectivity index (χ3v) is 15.8. The van der Waals surface area contributed by atoms with E-state index < -0.39 is 0 Å². The van der Waals surface area contributed by atoms with E-state index in [1.54, 1.807) is 6.07 Å². The number of rotatable bonds is 9. The topological polar surface area (TPSA) is 175 Å². The zero-order chi connectivity index (χ0) is 46.3. The summed E-state index contributed by atoms with van der Waals surface area (Å²) in [7, 11) is 0. The molecule has 68 heavy (non-hydrogen) atoms.